The Hall–Kier alpha value is -1.18. The highest BCUT2D eigenvalue weighted by atomic mass is 15.1. The maximum Gasteiger partial charge on any atom is 0.0370 e. The monoisotopic (exact) mass is 234 g/mol. The summed E-state index contributed by atoms with van der Waals surface area (Å²) in [5.41, 5.74) is 9.21. The van der Waals surface area contributed by atoms with Crippen LogP contribution < -0.4 is 10.6 Å². The molecule has 0 atom stereocenters. The third-order valence-electron chi connectivity index (χ3n) is 2.79. The van der Waals surface area contributed by atoms with E-state index in [4.69, 9.17) is 5.73 Å². The molecular weight excluding hydrogens is 208 g/mol. The van der Waals surface area contributed by atoms with Crippen LogP contribution in [0.25, 0.3) is 0 Å². The molecule has 0 aliphatic heterocycles. The van der Waals surface area contributed by atoms with Crippen molar-refractivity contribution < 1.29 is 0 Å². The highest BCUT2D eigenvalue weighted by Crippen LogP contribution is 2.22. The van der Waals surface area contributed by atoms with Gasteiger partial charge in [0.1, 0.15) is 0 Å². The van der Waals surface area contributed by atoms with Crippen LogP contribution in [0.1, 0.15) is 33.3 Å². The molecule has 2 N–H and O–H groups in total. The number of aryl methyl sites for hydroxylation is 1. The number of hydrogen-bond donors (Lipinski definition) is 1. The van der Waals surface area contributed by atoms with Gasteiger partial charge in [-0.3, -0.25) is 0 Å². The zero-order valence-corrected chi connectivity index (χ0v) is 11.8. The van der Waals surface area contributed by atoms with Gasteiger partial charge in [-0.25, -0.2) is 0 Å². The molecule has 0 heterocycles. The van der Waals surface area contributed by atoms with Gasteiger partial charge < -0.3 is 10.6 Å². The number of benzene rings is 1. The molecule has 0 fully saturated rings. The average molecular weight is 234 g/mol. The first-order valence-electron chi connectivity index (χ1n) is 6.51. The van der Waals surface area contributed by atoms with E-state index in [1.165, 1.54) is 11.3 Å². The molecule has 2 heteroatoms. The maximum absolute atomic E-state index is 5.87. The van der Waals surface area contributed by atoms with Gasteiger partial charge >= 0.3 is 0 Å². The fraction of sp³-hybridized carbons (Fsp3) is 0.600. The first-order valence-corrected chi connectivity index (χ1v) is 6.51. The van der Waals surface area contributed by atoms with Gasteiger partial charge in [-0.1, -0.05) is 27.7 Å². The van der Waals surface area contributed by atoms with Gasteiger partial charge in [-0.15, -0.1) is 0 Å². The van der Waals surface area contributed by atoms with Crippen LogP contribution in [0.4, 0.5) is 11.4 Å². The summed E-state index contributed by atoms with van der Waals surface area (Å²) in [6, 6.07) is 6.34. The molecule has 0 bridgehead atoms. The van der Waals surface area contributed by atoms with Crippen LogP contribution in [0.2, 0.25) is 0 Å². The normalized spacial score (nSPS) is 11.2. The van der Waals surface area contributed by atoms with Crippen molar-refractivity contribution in [2.75, 3.05) is 23.7 Å². The zero-order valence-electron chi connectivity index (χ0n) is 11.8. The second-order valence-electron chi connectivity index (χ2n) is 5.73. The van der Waals surface area contributed by atoms with Gasteiger partial charge in [0, 0.05) is 24.5 Å². The molecule has 96 valence electrons. The minimum Gasteiger partial charge on any atom is -0.399 e. The van der Waals surface area contributed by atoms with Gasteiger partial charge in [0.25, 0.3) is 0 Å². The Morgan fingerprint density at radius 2 is 1.59 bits per heavy atom. The van der Waals surface area contributed by atoms with E-state index in [0.717, 1.165) is 18.8 Å². The van der Waals surface area contributed by atoms with Gasteiger partial charge in [0.05, 0.1) is 0 Å². The topological polar surface area (TPSA) is 29.3 Å². The number of nitrogen functional groups attached to an aromatic ring is 1. The lowest BCUT2D eigenvalue weighted by atomic mass is 10.1. The van der Waals surface area contributed by atoms with Crippen molar-refractivity contribution in [3.05, 3.63) is 23.8 Å². The lowest BCUT2D eigenvalue weighted by Gasteiger charge is -2.29. The molecule has 0 aliphatic carbocycles. The maximum atomic E-state index is 5.87. The van der Waals surface area contributed by atoms with Crippen molar-refractivity contribution in [1.82, 2.24) is 0 Å². The Morgan fingerprint density at radius 1 is 1.06 bits per heavy atom. The molecule has 0 amide bonds. The average Bonchev–Trinajstić information content (AvgIpc) is 2.19. The summed E-state index contributed by atoms with van der Waals surface area (Å²) in [5.74, 6) is 1.35. The smallest absolute Gasteiger partial charge is 0.0370 e. The van der Waals surface area contributed by atoms with Crippen molar-refractivity contribution in [3.63, 3.8) is 0 Å². The molecular formula is C15H26N2. The third kappa shape index (κ3) is 4.29. The molecule has 2 nitrogen and oxygen atoms in total. The molecule has 0 saturated heterocycles. The second kappa shape index (κ2) is 5.95. The Labute approximate surface area is 106 Å². The Bertz CT molecular complexity index is 346. The van der Waals surface area contributed by atoms with Crippen molar-refractivity contribution in [3.8, 4) is 0 Å². The van der Waals surface area contributed by atoms with E-state index in [9.17, 15) is 0 Å². The molecule has 1 rings (SSSR count). The van der Waals surface area contributed by atoms with E-state index in [1.54, 1.807) is 0 Å². The first kappa shape index (κ1) is 13.9. The quantitative estimate of drug-likeness (QED) is 0.787. The minimum atomic E-state index is 0.673. The molecule has 0 unspecified atom stereocenters. The summed E-state index contributed by atoms with van der Waals surface area (Å²) in [6.45, 7) is 13.3. The molecule has 0 aromatic heterocycles. The minimum absolute atomic E-state index is 0.673. The van der Waals surface area contributed by atoms with Crippen molar-refractivity contribution in [1.29, 1.82) is 0 Å². The molecule has 0 radical (unpaired) electrons. The number of nitrogens with two attached hydrogens (primary N) is 1. The standard InChI is InChI=1S/C15H26N2/c1-11(2)9-17(10-12(3)4)14-6-7-15(16)13(5)8-14/h6-8,11-12H,9-10,16H2,1-5H3. The zero-order chi connectivity index (χ0) is 13.0. The van der Waals surface area contributed by atoms with Crippen LogP contribution in [-0.2, 0) is 0 Å². The predicted molar refractivity (Wildman–Crippen MR) is 77.5 cm³/mol. The van der Waals surface area contributed by atoms with Crippen LogP contribution in [0, 0.1) is 18.8 Å². The van der Waals surface area contributed by atoms with Crippen LogP contribution >= 0.6 is 0 Å². The Balaban J connectivity index is 2.91. The summed E-state index contributed by atoms with van der Waals surface area (Å²) in [7, 11) is 0. The Morgan fingerprint density at radius 3 is 2.00 bits per heavy atom. The van der Waals surface area contributed by atoms with E-state index >= 15 is 0 Å². The SMILES string of the molecule is Cc1cc(N(CC(C)C)CC(C)C)ccc1N. The molecule has 0 aliphatic rings. The fourth-order valence-electron chi connectivity index (χ4n) is 2.02. The lowest BCUT2D eigenvalue weighted by molar-refractivity contribution is 0.552. The summed E-state index contributed by atoms with van der Waals surface area (Å²) in [6.07, 6.45) is 0. The molecule has 1 aromatic rings. The van der Waals surface area contributed by atoms with Gasteiger partial charge in [0.2, 0.25) is 0 Å². The van der Waals surface area contributed by atoms with E-state index in [1.807, 2.05) is 6.07 Å². The van der Waals surface area contributed by atoms with Crippen molar-refractivity contribution in [2.24, 2.45) is 11.8 Å². The third-order valence-corrected chi connectivity index (χ3v) is 2.79. The predicted octanol–water partition coefficient (Wildman–Crippen LogP) is 3.70. The van der Waals surface area contributed by atoms with Gasteiger partial charge in [0.15, 0.2) is 0 Å². The number of nitrogens with zero attached hydrogens (tertiary/aromatic N) is 1. The van der Waals surface area contributed by atoms with Gasteiger partial charge in [-0.05, 0) is 42.5 Å². The summed E-state index contributed by atoms with van der Waals surface area (Å²) in [4.78, 5) is 2.46. The number of hydrogen-bond acceptors (Lipinski definition) is 2. The highest BCUT2D eigenvalue weighted by Gasteiger charge is 2.11. The van der Waals surface area contributed by atoms with E-state index in [2.05, 4.69) is 51.7 Å². The first-order chi connectivity index (χ1) is 7.90. The lowest BCUT2D eigenvalue weighted by Crippen LogP contribution is -2.31. The molecule has 0 saturated carbocycles. The summed E-state index contributed by atoms with van der Waals surface area (Å²) >= 11 is 0. The largest absolute Gasteiger partial charge is 0.399 e. The van der Waals surface area contributed by atoms with Crippen molar-refractivity contribution >= 4 is 11.4 Å². The van der Waals surface area contributed by atoms with Crippen LogP contribution in [0.15, 0.2) is 18.2 Å². The Kier molecular flexibility index (Phi) is 4.86. The number of rotatable bonds is 5. The van der Waals surface area contributed by atoms with Crippen LogP contribution in [0.3, 0.4) is 0 Å². The molecule has 0 spiro atoms. The fourth-order valence-corrected chi connectivity index (χ4v) is 2.02. The molecule has 1 aromatic carbocycles. The van der Waals surface area contributed by atoms with E-state index < -0.39 is 0 Å². The second-order valence-corrected chi connectivity index (χ2v) is 5.73. The van der Waals surface area contributed by atoms with Crippen LogP contribution in [0.5, 0.6) is 0 Å². The number of anilines is 2. The van der Waals surface area contributed by atoms with E-state index in [-0.39, 0.29) is 0 Å². The van der Waals surface area contributed by atoms with E-state index in [0.29, 0.717) is 11.8 Å². The van der Waals surface area contributed by atoms with Gasteiger partial charge in [-0.2, -0.15) is 0 Å². The molecule has 17 heavy (non-hydrogen) atoms. The van der Waals surface area contributed by atoms with Crippen molar-refractivity contribution in [2.45, 2.75) is 34.6 Å². The summed E-state index contributed by atoms with van der Waals surface area (Å²) < 4.78 is 0. The summed E-state index contributed by atoms with van der Waals surface area (Å²) in [5, 5.41) is 0. The van der Waals surface area contributed by atoms with Crippen LogP contribution in [-0.4, -0.2) is 13.1 Å². The highest BCUT2D eigenvalue weighted by molar-refractivity contribution is 5.58.